The van der Waals surface area contributed by atoms with E-state index in [1.165, 1.54) is 4.90 Å². The normalized spacial score (nSPS) is 20.6. The van der Waals surface area contributed by atoms with Crippen molar-refractivity contribution in [3.8, 4) is 32.4 Å². The number of aliphatic imine (C=N–C) groups is 1. The number of hydrogen-bond donors (Lipinski definition) is 4. The average Bonchev–Trinajstić information content (AvgIpc) is 4.08. The Morgan fingerprint density at radius 3 is 2.19 bits per heavy atom. The number of nitrogens with one attached hydrogen (secondary N) is 2. The standard InChI is InChI=1S/C52H57N9O7S2/c1-26-29(4)70-51-43(26)44(56-39(22-42(63)64)47-59-58-30(5)61(47)51)33-13-11-32(12-14-33)35-17-18-41(53-23-35)68-38-19-36(20-38)48(65)57-46(52(6,7)8)50(67)60-24-37(62)21-40(60)49(66)55-27(2)31-9-15-34(16-10-31)45-28(3)54-25-69-45/h9-18,23,25,27,36-40,46,62H,19-22,24H2,1-8H3,(H,55,66)(H,57,65)(H,63,64)/t27?,36-,37-,38-,39+,40+,46?/m1/s1. The first kappa shape index (κ1) is 48.4. The Kier molecular flexibility index (Phi) is 13.3. The molecule has 0 spiro atoms. The summed E-state index contributed by atoms with van der Waals surface area (Å²) in [5.41, 5.74) is 9.39. The fourth-order valence-electron chi connectivity index (χ4n) is 9.45. The summed E-state index contributed by atoms with van der Waals surface area (Å²) >= 11 is 3.19. The molecule has 5 atom stereocenters. The number of fused-ring (bicyclic) bond motifs is 3. The van der Waals surface area contributed by atoms with Crippen molar-refractivity contribution in [2.24, 2.45) is 16.3 Å². The van der Waals surface area contributed by atoms with Gasteiger partial charge in [-0.3, -0.25) is 28.7 Å². The van der Waals surface area contributed by atoms with E-state index in [2.05, 4.69) is 44.6 Å². The number of aryl methyl sites for hydroxylation is 3. The van der Waals surface area contributed by atoms with Crippen molar-refractivity contribution in [1.29, 1.82) is 0 Å². The van der Waals surface area contributed by atoms with Crippen LogP contribution < -0.4 is 15.4 Å². The van der Waals surface area contributed by atoms with Crippen LogP contribution in [0.15, 0.2) is 77.4 Å². The van der Waals surface area contributed by atoms with Crippen LogP contribution in [0.1, 0.15) is 110 Å². The van der Waals surface area contributed by atoms with Gasteiger partial charge in [-0.1, -0.05) is 69.3 Å². The summed E-state index contributed by atoms with van der Waals surface area (Å²) in [6.07, 6.45) is 1.37. The van der Waals surface area contributed by atoms with Gasteiger partial charge < -0.3 is 30.5 Å². The summed E-state index contributed by atoms with van der Waals surface area (Å²) in [4.78, 5) is 71.3. The first-order valence-electron chi connectivity index (χ1n) is 23.5. The number of hydrogen-bond acceptors (Lipinski definition) is 13. The topological polar surface area (TPSA) is 214 Å². The van der Waals surface area contributed by atoms with Crippen molar-refractivity contribution in [2.75, 3.05) is 6.54 Å². The van der Waals surface area contributed by atoms with Gasteiger partial charge in [0, 0.05) is 52.7 Å². The molecular weight excluding hydrogens is 927 g/mol. The monoisotopic (exact) mass is 983 g/mol. The number of carbonyl (C=O) groups excluding carboxylic acids is 3. The minimum absolute atomic E-state index is 0.0128. The smallest absolute Gasteiger partial charge is 0.306 e. The zero-order valence-corrected chi connectivity index (χ0v) is 42.0. The summed E-state index contributed by atoms with van der Waals surface area (Å²) in [7, 11) is 0. The first-order chi connectivity index (χ1) is 33.3. The third-order valence-corrected chi connectivity index (χ3v) is 15.8. The molecule has 1 saturated heterocycles. The number of nitrogens with zero attached hydrogens (tertiary/aromatic N) is 7. The number of aliphatic carboxylic acids is 1. The Labute approximate surface area is 414 Å². The molecule has 1 aliphatic carbocycles. The van der Waals surface area contributed by atoms with Gasteiger partial charge in [0.15, 0.2) is 5.82 Å². The molecule has 3 amide bonds. The molecule has 364 valence electrons. The molecule has 2 aliphatic heterocycles. The maximum absolute atomic E-state index is 14.3. The van der Waals surface area contributed by atoms with Crippen LogP contribution in [0.4, 0.5) is 0 Å². The van der Waals surface area contributed by atoms with E-state index in [0.29, 0.717) is 36.1 Å². The molecule has 4 N–H and O–H groups in total. The number of aromatic nitrogens is 5. The molecule has 16 nitrogen and oxygen atoms in total. The molecule has 2 unspecified atom stereocenters. The Balaban J connectivity index is 0.804. The van der Waals surface area contributed by atoms with Crippen LogP contribution in [0, 0.1) is 39.0 Å². The average molecular weight is 984 g/mol. The predicted octanol–water partition coefficient (Wildman–Crippen LogP) is 7.64. The highest BCUT2D eigenvalue weighted by Gasteiger charge is 2.46. The summed E-state index contributed by atoms with van der Waals surface area (Å²) in [6, 6.07) is 16.7. The van der Waals surface area contributed by atoms with Crippen molar-refractivity contribution in [3.63, 3.8) is 0 Å². The Morgan fingerprint density at radius 2 is 1.54 bits per heavy atom. The van der Waals surface area contributed by atoms with Crippen molar-refractivity contribution >= 4 is 52.1 Å². The highest BCUT2D eigenvalue weighted by molar-refractivity contribution is 7.15. The Morgan fingerprint density at radius 1 is 0.857 bits per heavy atom. The van der Waals surface area contributed by atoms with Gasteiger partial charge in [-0.15, -0.1) is 32.9 Å². The number of thiophene rings is 1. The van der Waals surface area contributed by atoms with Gasteiger partial charge in [0.25, 0.3) is 0 Å². The van der Waals surface area contributed by atoms with E-state index in [4.69, 9.17) is 9.73 Å². The number of amides is 3. The van der Waals surface area contributed by atoms with Gasteiger partial charge in [-0.2, -0.15) is 0 Å². The number of benzene rings is 2. The highest BCUT2D eigenvalue weighted by Crippen LogP contribution is 2.40. The van der Waals surface area contributed by atoms with E-state index >= 15 is 0 Å². The van der Waals surface area contributed by atoms with Gasteiger partial charge in [-0.05, 0) is 81.2 Å². The molecule has 18 heteroatoms. The van der Waals surface area contributed by atoms with Crippen LogP contribution in [0.25, 0.3) is 26.6 Å². The fraction of sp³-hybridized carbons (Fsp3) is 0.404. The number of pyridine rings is 1. The molecule has 6 heterocycles. The lowest BCUT2D eigenvalue weighted by Gasteiger charge is -2.39. The number of ether oxygens (including phenoxy) is 1. The second-order valence-electron chi connectivity index (χ2n) is 19.7. The second-order valence-corrected chi connectivity index (χ2v) is 21.7. The van der Waals surface area contributed by atoms with Gasteiger partial charge in [0.05, 0.1) is 40.4 Å². The molecule has 0 radical (unpaired) electrons. The number of thiazole rings is 1. The maximum atomic E-state index is 14.3. The molecule has 9 rings (SSSR count). The third-order valence-electron chi connectivity index (χ3n) is 13.6. The van der Waals surface area contributed by atoms with Crippen LogP contribution >= 0.6 is 22.7 Å². The predicted molar refractivity (Wildman–Crippen MR) is 267 cm³/mol. The number of likely N-dealkylation sites (tertiary alicyclic amines) is 1. The molecular formula is C52H57N9O7S2. The van der Waals surface area contributed by atoms with E-state index in [-0.39, 0.29) is 49.3 Å². The van der Waals surface area contributed by atoms with Gasteiger partial charge in [0.2, 0.25) is 23.6 Å². The number of rotatable bonds is 13. The molecule has 4 aromatic heterocycles. The largest absolute Gasteiger partial charge is 0.481 e. The van der Waals surface area contributed by atoms with Crippen molar-refractivity contribution in [1.82, 2.24) is 40.3 Å². The highest BCUT2D eigenvalue weighted by atomic mass is 32.1. The summed E-state index contributed by atoms with van der Waals surface area (Å²) < 4.78 is 8.12. The van der Waals surface area contributed by atoms with Crippen LogP contribution in [0.2, 0.25) is 0 Å². The van der Waals surface area contributed by atoms with E-state index in [9.17, 15) is 29.4 Å². The quantitative estimate of drug-likeness (QED) is 0.0883. The molecule has 2 aromatic carbocycles. The number of β-amino-alcohol motifs (C(OH)–C–C–N with tert-alkyl or cyclic N) is 1. The number of carboxylic acid groups (broad SMARTS) is 1. The lowest BCUT2D eigenvalue weighted by molar-refractivity contribution is -0.145. The minimum Gasteiger partial charge on any atom is -0.481 e. The number of carboxylic acids is 1. The van der Waals surface area contributed by atoms with Gasteiger partial charge in [0.1, 0.15) is 35.1 Å². The summed E-state index contributed by atoms with van der Waals surface area (Å²) in [6.45, 7) is 15.4. The molecule has 2 fully saturated rings. The molecule has 6 aromatic rings. The molecule has 1 saturated carbocycles. The zero-order valence-electron chi connectivity index (χ0n) is 40.4. The summed E-state index contributed by atoms with van der Waals surface area (Å²) in [5, 5.41) is 36.1. The van der Waals surface area contributed by atoms with Gasteiger partial charge >= 0.3 is 5.97 Å². The van der Waals surface area contributed by atoms with E-state index in [0.717, 1.165) is 59.4 Å². The van der Waals surface area contributed by atoms with Crippen LogP contribution in [-0.2, 0) is 19.2 Å². The van der Waals surface area contributed by atoms with Crippen LogP contribution in [-0.4, -0.2) is 100 Å². The van der Waals surface area contributed by atoms with Crippen LogP contribution in [0.5, 0.6) is 5.88 Å². The third kappa shape index (κ3) is 9.63. The second kappa shape index (κ2) is 19.3. The first-order valence-corrected chi connectivity index (χ1v) is 25.2. The number of aliphatic hydroxyl groups excluding tert-OH is 1. The van der Waals surface area contributed by atoms with Crippen LogP contribution in [0.3, 0.4) is 0 Å². The molecule has 3 aliphatic rings. The minimum atomic E-state index is -0.972. The van der Waals surface area contributed by atoms with Gasteiger partial charge in [-0.25, -0.2) is 9.97 Å². The summed E-state index contributed by atoms with van der Waals surface area (Å²) in [5.74, 6) is -0.787. The Bertz CT molecular complexity index is 2980. The molecule has 70 heavy (non-hydrogen) atoms. The van der Waals surface area contributed by atoms with Crippen molar-refractivity contribution < 1.29 is 34.1 Å². The maximum Gasteiger partial charge on any atom is 0.306 e. The number of aliphatic hydroxyl groups is 1. The van der Waals surface area contributed by atoms with Crippen molar-refractivity contribution in [3.05, 3.63) is 117 Å². The number of carbonyl (C=O) groups is 4. The van der Waals surface area contributed by atoms with E-state index < -0.39 is 41.5 Å². The fourth-order valence-corrected chi connectivity index (χ4v) is 11.5. The zero-order chi connectivity index (χ0) is 49.8. The van der Waals surface area contributed by atoms with Crippen molar-refractivity contribution in [2.45, 2.75) is 117 Å². The van der Waals surface area contributed by atoms with E-state index in [1.54, 1.807) is 34.9 Å². The lowest BCUT2D eigenvalue weighted by atomic mass is 9.80. The molecule has 0 bridgehead atoms. The Hall–Kier alpha value is -6.63. The lowest BCUT2D eigenvalue weighted by Crippen LogP contribution is -2.59. The SMILES string of the molecule is Cc1ncsc1-c1ccc(C(C)NC(=O)[C@@H]2C[C@@H](O)CN2C(=O)C(NC(=O)[C@H]2C[C@H](Oc3ccc(-c4ccc(C5=N[C@@H](CC(=O)O)c6nnc(C)n6-c6sc(C)c(C)c65)cc4)cn3)C2)C(C)(C)C)cc1. The van der Waals surface area contributed by atoms with E-state index in [1.807, 2.05) is 106 Å².